The SMILES string of the molecule is CCC(CC)(CC(=O)c1cnn2c1NC(c1ccccc1)CC2(C)C)c1ccc(-c2ccc(Cl)cc2)cc1. The number of Topliss-reactive ketones (excluding diaryl/α,β-unsaturated/α-hetero) is 1. The van der Waals surface area contributed by atoms with E-state index in [9.17, 15) is 4.79 Å². The van der Waals surface area contributed by atoms with Crippen LogP contribution in [0.4, 0.5) is 5.82 Å². The molecule has 5 rings (SSSR count). The number of benzene rings is 3. The number of aromatic nitrogens is 2. The molecule has 0 saturated heterocycles. The second-order valence-corrected chi connectivity index (χ2v) is 11.6. The minimum absolute atomic E-state index is 0.129. The number of nitrogens with one attached hydrogen (secondary N) is 1. The lowest BCUT2D eigenvalue weighted by atomic mass is 9.71. The zero-order valence-corrected chi connectivity index (χ0v) is 23.4. The van der Waals surface area contributed by atoms with Crippen molar-refractivity contribution in [2.24, 2.45) is 0 Å². The van der Waals surface area contributed by atoms with Gasteiger partial charge in [-0.05, 0) is 67.5 Å². The van der Waals surface area contributed by atoms with Crippen molar-refractivity contribution in [3.8, 4) is 11.1 Å². The van der Waals surface area contributed by atoms with E-state index in [2.05, 4.69) is 86.6 Å². The summed E-state index contributed by atoms with van der Waals surface area (Å²) in [7, 11) is 0. The molecule has 0 spiro atoms. The predicted octanol–water partition coefficient (Wildman–Crippen LogP) is 8.83. The van der Waals surface area contributed by atoms with Gasteiger partial charge in [0.1, 0.15) is 5.82 Å². The van der Waals surface area contributed by atoms with Gasteiger partial charge in [-0.25, -0.2) is 4.68 Å². The highest BCUT2D eigenvalue weighted by atomic mass is 35.5. The zero-order chi connectivity index (χ0) is 26.9. The van der Waals surface area contributed by atoms with Crippen molar-refractivity contribution in [3.05, 3.63) is 107 Å². The van der Waals surface area contributed by atoms with E-state index >= 15 is 0 Å². The smallest absolute Gasteiger partial charge is 0.169 e. The Morgan fingerprint density at radius 2 is 1.58 bits per heavy atom. The topological polar surface area (TPSA) is 46.9 Å². The number of fused-ring (bicyclic) bond motifs is 1. The zero-order valence-electron chi connectivity index (χ0n) is 22.7. The molecule has 0 bridgehead atoms. The molecule has 5 heteroatoms. The molecular formula is C33H36ClN3O. The lowest BCUT2D eigenvalue weighted by Crippen LogP contribution is -2.38. The largest absolute Gasteiger partial charge is 0.363 e. The quantitative estimate of drug-likeness (QED) is 0.234. The maximum atomic E-state index is 14.0. The summed E-state index contributed by atoms with van der Waals surface area (Å²) in [5.41, 5.74) is 4.93. The lowest BCUT2D eigenvalue weighted by Gasteiger charge is -2.38. The highest BCUT2D eigenvalue weighted by Gasteiger charge is 2.38. The van der Waals surface area contributed by atoms with Crippen molar-refractivity contribution in [3.63, 3.8) is 0 Å². The molecule has 0 saturated carbocycles. The molecule has 0 radical (unpaired) electrons. The van der Waals surface area contributed by atoms with Crippen molar-refractivity contribution >= 4 is 23.2 Å². The lowest BCUT2D eigenvalue weighted by molar-refractivity contribution is 0.0944. The van der Waals surface area contributed by atoms with E-state index in [1.165, 1.54) is 11.1 Å². The molecule has 4 aromatic rings. The second-order valence-electron chi connectivity index (χ2n) is 11.1. The molecule has 1 aromatic heterocycles. The monoisotopic (exact) mass is 525 g/mol. The maximum absolute atomic E-state index is 14.0. The van der Waals surface area contributed by atoms with Gasteiger partial charge >= 0.3 is 0 Å². The van der Waals surface area contributed by atoms with Crippen molar-refractivity contribution in [1.82, 2.24) is 9.78 Å². The number of halogens is 1. The van der Waals surface area contributed by atoms with E-state index in [0.717, 1.165) is 41.2 Å². The summed E-state index contributed by atoms with van der Waals surface area (Å²) >= 11 is 6.07. The molecule has 1 aliphatic heterocycles. The molecule has 1 aliphatic rings. The Hall–Kier alpha value is -3.37. The number of hydrogen-bond donors (Lipinski definition) is 1. The fourth-order valence-electron chi connectivity index (χ4n) is 5.91. The molecule has 1 N–H and O–H groups in total. The van der Waals surface area contributed by atoms with Crippen LogP contribution in [0.15, 0.2) is 85.1 Å². The average Bonchev–Trinajstić information content (AvgIpc) is 3.38. The highest BCUT2D eigenvalue weighted by Crippen LogP contribution is 2.42. The van der Waals surface area contributed by atoms with Gasteiger partial charge in [-0.2, -0.15) is 5.10 Å². The molecular weight excluding hydrogens is 490 g/mol. The van der Waals surface area contributed by atoms with E-state index in [1.807, 2.05) is 35.0 Å². The standard InChI is InChI=1S/C33H36ClN3O/c1-5-33(6-2,26-16-12-23(13-17-26)24-14-18-27(34)19-15-24)21-30(38)28-22-35-37-31(28)36-29(20-32(37,3)4)25-10-8-7-9-11-25/h7-19,22,29,36H,5-6,20-21H2,1-4H3. The molecule has 2 heterocycles. The van der Waals surface area contributed by atoms with Crippen LogP contribution in [-0.2, 0) is 11.0 Å². The van der Waals surface area contributed by atoms with Gasteiger partial charge in [0.15, 0.2) is 5.78 Å². The summed E-state index contributed by atoms with van der Waals surface area (Å²) in [5.74, 6) is 0.966. The molecule has 38 heavy (non-hydrogen) atoms. The number of rotatable bonds is 8. The third-order valence-corrected chi connectivity index (χ3v) is 8.64. The average molecular weight is 526 g/mol. The van der Waals surface area contributed by atoms with Crippen LogP contribution in [0.2, 0.25) is 5.02 Å². The van der Waals surface area contributed by atoms with Gasteiger partial charge in [0.05, 0.1) is 23.3 Å². The molecule has 1 unspecified atom stereocenters. The van der Waals surface area contributed by atoms with E-state index in [4.69, 9.17) is 11.6 Å². The van der Waals surface area contributed by atoms with Gasteiger partial charge in [0, 0.05) is 16.9 Å². The Kier molecular flexibility index (Phi) is 7.19. The fourth-order valence-corrected chi connectivity index (χ4v) is 6.04. The Bertz CT molecular complexity index is 1400. The molecule has 1 atom stereocenters. The Balaban J connectivity index is 1.43. The van der Waals surface area contributed by atoms with Crippen LogP contribution in [0.1, 0.15) is 80.9 Å². The summed E-state index contributed by atoms with van der Waals surface area (Å²) in [6.07, 6.45) is 4.86. The van der Waals surface area contributed by atoms with Gasteiger partial charge in [0.25, 0.3) is 0 Å². The summed E-state index contributed by atoms with van der Waals surface area (Å²) in [4.78, 5) is 14.0. The minimum Gasteiger partial charge on any atom is -0.363 e. The fraction of sp³-hybridized carbons (Fsp3) is 0.333. The minimum atomic E-state index is -0.243. The second kappa shape index (κ2) is 10.4. The van der Waals surface area contributed by atoms with Gasteiger partial charge in [-0.15, -0.1) is 0 Å². The van der Waals surface area contributed by atoms with Crippen LogP contribution >= 0.6 is 11.6 Å². The van der Waals surface area contributed by atoms with E-state index in [1.54, 1.807) is 6.20 Å². The molecule has 196 valence electrons. The normalized spacial score (nSPS) is 16.5. The Morgan fingerprint density at radius 1 is 0.974 bits per heavy atom. The number of ketones is 1. The van der Waals surface area contributed by atoms with E-state index in [-0.39, 0.29) is 22.8 Å². The Morgan fingerprint density at radius 3 is 2.18 bits per heavy atom. The summed E-state index contributed by atoms with van der Waals surface area (Å²) < 4.78 is 2.00. The predicted molar refractivity (Wildman–Crippen MR) is 157 cm³/mol. The maximum Gasteiger partial charge on any atom is 0.169 e. The van der Waals surface area contributed by atoms with Crippen molar-refractivity contribution in [2.45, 2.75) is 70.4 Å². The first-order chi connectivity index (χ1) is 18.3. The van der Waals surface area contributed by atoms with Gasteiger partial charge in [-0.3, -0.25) is 4.79 Å². The van der Waals surface area contributed by atoms with E-state index in [0.29, 0.717) is 12.0 Å². The highest BCUT2D eigenvalue weighted by molar-refractivity contribution is 6.30. The van der Waals surface area contributed by atoms with Crippen LogP contribution in [-0.4, -0.2) is 15.6 Å². The van der Waals surface area contributed by atoms with Crippen LogP contribution in [0, 0.1) is 0 Å². The summed E-state index contributed by atoms with van der Waals surface area (Å²) in [6.45, 7) is 8.76. The molecule has 0 amide bonds. The number of anilines is 1. The van der Waals surface area contributed by atoms with Gasteiger partial charge < -0.3 is 5.32 Å². The van der Waals surface area contributed by atoms with E-state index < -0.39 is 0 Å². The first-order valence-electron chi connectivity index (χ1n) is 13.6. The molecule has 0 aliphatic carbocycles. The van der Waals surface area contributed by atoms with Crippen LogP contribution in [0.25, 0.3) is 11.1 Å². The molecule has 3 aromatic carbocycles. The third-order valence-electron chi connectivity index (χ3n) is 8.39. The first-order valence-corrected chi connectivity index (χ1v) is 13.9. The molecule has 0 fully saturated rings. The first kappa shape index (κ1) is 26.2. The number of carbonyl (C=O) groups excluding carboxylic acids is 1. The van der Waals surface area contributed by atoms with Gasteiger partial charge in [-0.1, -0.05) is 92.2 Å². The number of nitrogens with zero attached hydrogens (tertiary/aromatic N) is 2. The van der Waals surface area contributed by atoms with Crippen molar-refractivity contribution in [2.75, 3.05) is 5.32 Å². The number of carbonyl (C=O) groups is 1. The van der Waals surface area contributed by atoms with Gasteiger partial charge in [0.2, 0.25) is 0 Å². The molecule has 4 nitrogen and oxygen atoms in total. The van der Waals surface area contributed by atoms with Crippen molar-refractivity contribution in [1.29, 1.82) is 0 Å². The van der Waals surface area contributed by atoms with Crippen LogP contribution in [0.3, 0.4) is 0 Å². The Labute approximate surface area is 231 Å². The summed E-state index contributed by atoms with van der Waals surface area (Å²) in [6, 6.07) is 27.2. The summed E-state index contributed by atoms with van der Waals surface area (Å²) in [5, 5.41) is 9.08. The number of hydrogen-bond acceptors (Lipinski definition) is 3. The van der Waals surface area contributed by atoms with Crippen molar-refractivity contribution < 1.29 is 4.79 Å². The van der Waals surface area contributed by atoms with Crippen LogP contribution in [0.5, 0.6) is 0 Å². The third kappa shape index (κ3) is 4.90. The van der Waals surface area contributed by atoms with Crippen LogP contribution < -0.4 is 5.32 Å².